The minimum Gasteiger partial charge on any atom is -0.466 e. The van der Waals surface area contributed by atoms with Crippen molar-refractivity contribution < 1.29 is 23.8 Å². The number of hydrogen-bond acceptors (Lipinski definition) is 5. The minimum atomic E-state index is -0.922. The van der Waals surface area contributed by atoms with Crippen LogP contribution in [0.4, 0.5) is 4.79 Å². The third kappa shape index (κ3) is 5.40. The molecule has 0 rings (SSSR count). The number of methoxy groups -OCH3 is 1. The highest BCUT2D eigenvalue weighted by Crippen LogP contribution is 1.98. The van der Waals surface area contributed by atoms with Gasteiger partial charge in [-0.15, -0.1) is 0 Å². The van der Waals surface area contributed by atoms with Crippen LogP contribution >= 0.6 is 0 Å². The van der Waals surface area contributed by atoms with Crippen molar-refractivity contribution in [3.8, 4) is 0 Å². The van der Waals surface area contributed by atoms with Gasteiger partial charge in [-0.05, 0) is 13.3 Å². The fraction of sp³-hybridized carbons (Fsp3) is 0.778. The SMILES string of the molecule is CCCCOC(=O)OC(C)C(=O)OC. The van der Waals surface area contributed by atoms with Crippen molar-refractivity contribution >= 4 is 12.1 Å². The van der Waals surface area contributed by atoms with Gasteiger partial charge in [0.05, 0.1) is 13.7 Å². The van der Waals surface area contributed by atoms with Crippen LogP contribution in [0.3, 0.4) is 0 Å². The van der Waals surface area contributed by atoms with E-state index in [2.05, 4.69) is 14.2 Å². The van der Waals surface area contributed by atoms with E-state index in [-0.39, 0.29) is 0 Å². The molecule has 0 aromatic heterocycles. The van der Waals surface area contributed by atoms with Gasteiger partial charge in [0.25, 0.3) is 0 Å². The van der Waals surface area contributed by atoms with Gasteiger partial charge in [-0.1, -0.05) is 13.3 Å². The highest BCUT2D eigenvalue weighted by atomic mass is 16.7. The van der Waals surface area contributed by atoms with Crippen molar-refractivity contribution in [1.82, 2.24) is 0 Å². The molecule has 1 atom stereocenters. The Bertz CT molecular complexity index is 190. The topological polar surface area (TPSA) is 61.8 Å². The summed E-state index contributed by atoms with van der Waals surface area (Å²) in [5.41, 5.74) is 0. The number of carbonyl (C=O) groups is 2. The Morgan fingerprint density at radius 1 is 1.36 bits per heavy atom. The number of unbranched alkanes of at least 4 members (excludes halogenated alkanes) is 1. The van der Waals surface area contributed by atoms with Crippen molar-refractivity contribution in [3.63, 3.8) is 0 Å². The Labute approximate surface area is 83.3 Å². The van der Waals surface area contributed by atoms with Crippen molar-refractivity contribution in [3.05, 3.63) is 0 Å². The maximum Gasteiger partial charge on any atom is 0.509 e. The summed E-state index contributed by atoms with van der Waals surface area (Å²) in [6.07, 6.45) is -0.0490. The van der Waals surface area contributed by atoms with Crippen LogP contribution in [0.5, 0.6) is 0 Å². The van der Waals surface area contributed by atoms with Crippen molar-refractivity contribution in [2.45, 2.75) is 32.8 Å². The summed E-state index contributed by atoms with van der Waals surface area (Å²) in [5, 5.41) is 0. The summed E-state index contributed by atoms with van der Waals surface area (Å²) in [7, 11) is 1.23. The van der Waals surface area contributed by atoms with Crippen LogP contribution in [-0.4, -0.2) is 31.9 Å². The molecule has 0 amide bonds. The molecule has 82 valence electrons. The fourth-order valence-electron chi connectivity index (χ4n) is 0.692. The predicted molar refractivity (Wildman–Crippen MR) is 48.8 cm³/mol. The Morgan fingerprint density at radius 2 is 2.00 bits per heavy atom. The predicted octanol–water partition coefficient (Wildman–Crippen LogP) is 1.50. The van der Waals surface area contributed by atoms with Crippen molar-refractivity contribution in [2.24, 2.45) is 0 Å². The van der Waals surface area contributed by atoms with Crippen LogP contribution in [0.2, 0.25) is 0 Å². The lowest BCUT2D eigenvalue weighted by atomic mass is 10.4. The van der Waals surface area contributed by atoms with Gasteiger partial charge in [0.15, 0.2) is 6.10 Å². The molecule has 0 fully saturated rings. The van der Waals surface area contributed by atoms with E-state index >= 15 is 0 Å². The summed E-state index contributed by atoms with van der Waals surface area (Å²) in [6.45, 7) is 3.71. The summed E-state index contributed by atoms with van der Waals surface area (Å²) >= 11 is 0. The van der Waals surface area contributed by atoms with Crippen molar-refractivity contribution in [2.75, 3.05) is 13.7 Å². The maximum atomic E-state index is 10.9. The molecule has 0 aromatic rings. The van der Waals surface area contributed by atoms with Crippen LogP contribution in [0.15, 0.2) is 0 Å². The van der Waals surface area contributed by atoms with Gasteiger partial charge in [0.1, 0.15) is 0 Å². The largest absolute Gasteiger partial charge is 0.509 e. The third-order valence-electron chi connectivity index (χ3n) is 1.52. The van der Waals surface area contributed by atoms with Crippen LogP contribution in [0.25, 0.3) is 0 Å². The zero-order valence-corrected chi connectivity index (χ0v) is 8.74. The summed E-state index contributed by atoms with van der Waals surface area (Å²) < 4.78 is 13.7. The second-order valence-corrected chi connectivity index (χ2v) is 2.74. The number of carbonyl (C=O) groups excluding carboxylic acids is 2. The maximum absolute atomic E-state index is 10.9. The molecule has 0 radical (unpaired) electrons. The van der Waals surface area contributed by atoms with Crippen LogP contribution in [-0.2, 0) is 19.0 Å². The van der Waals surface area contributed by atoms with Crippen LogP contribution in [0.1, 0.15) is 26.7 Å². The Kier molecular flexibility index (Phi) is 6.53. The molecule has 0 saturated carbocycles. The van der Waals surface area contributed by atoms with Gasteiger partial charge in [-0.25, -0.2) is 9.59 Å². The molecular formula is C9H16O5. The van der Waals surface area contributed by atoms with Gasteiger partial charge in [-0.3, -0.25) is 0 Å². The third-order valence-corrected chi connectivity index (χ3v) is 1.52. The average molecular weight is 204 g/mol. The zero-order chi connectivity index (χ0) is 11.0. The molecule has 0 aromatic carbocycles. The number of rotatable bonds is 5. The molecule has 1 unspecified atom stereocenters. The monoisotopic (exact) mass is 204 g/mol. The highest BCUT2D eigenvalue weighted by Gasteiger charge is 2.18. The molecule has 0 saturated heterocycles. The summed E-state index contributed by atoms with van der Waals surface area (Å²) in [4.78, 5) is 21.7. The first-order valence-electron chi connectivity index (χ1n) is 4.53. The molecular weight excluding hydrogens is 188 g/mol. The van der Waals surface area contributed by atoms with E-state index in [1.165, 1.54) is 14.0 Å². The number of esters is 1. The molecule has 0 aliphatic heterocycles. The fourth-order valence-corrected chi connectivity index (χ4v) is 0.692. The van der Waals surface area contributed by atoms with E-state index in [4.69, 9.17) is 0 Å². The first-order chi connectivity index (χ1) is 6.61. The summed E-state index contributed by atoms with van der Waals surface area (Å²) in [5.74, 6) is -0.600. The second kappa shape index (κ2) is 7.17. The van der Waals surface area contributed by atoms with E-state index in [1.807, 2.05) is 6.92 Å². The molecule has 0 aliphatic carbocycles. The summed E-state index contributed by atoms with van der Waals surface area (Å²) in [6, 6.07) is 0. The van der Waals surface area contributed by atoms with Gasteiger partial charge in [0.2, 0.25) is 0 Å². The molecule has 5 nitrogen and oxygen atoms in total. The second-order valence-electron chi connectivity index (χ2n) is 2.74. The van der Waals surface area contributed by atoms with E-state index in [1.54, 1.807) is 0 Å². The lowest BCUT2D eigenvalue weighted by Gasteiger charge is -2.10. The molecule has 0 N–H and O–H groups in total. The van der Waals surface area contributed by atoms with Gasteiger partial charge in [-0.2, -0.15) is 0 Å². The lowest BCUT2D eigenvalue weighted by Crippen LogP contribution is -2.25. The van der Waals surface area contributed by atoms with E-state index < -0.39 is 18.2 Å². The van der Waals surface area contributed by atoms with Gasteiger partial charge >= 0.3 is 12.1 Å². The Balaban J connectivity index is 3.65. The van der Waals surface area contributed by atoms with E-state index in [0.29, 0.717) is 6.61 Å². The smallest absolute Gasteiger partial charge is 0.466 e. The van der Waals surface area contributed by atoms with Gasteiger partial charge in [0, 0.05) is 0 Å². The standard InChI is InChI=1S/C9H16O5/c1-4-5-6-13-9(11)14-7(2)8(10)12-3/h7H,4-6H2,1-3H3. The van der Waals surface area contributed by atoms with Gasteiger partial charge < -0.3 is 14.2 Å². The van der Waals surface area contributed by atoms with E-state index in [9.17, 15) is 9.59 Å². The first kappa shape index (κ1) is 12.7. The van der Waals surface area contributed by atoms with E-state index in [0.717, 1.165) is 12.8 Å². The number of hydrogen-bond donors (Lipinski definition) is 0. The molecule has 0 spiro atoms. The van der Waals surface area contributed by atoms with Crippen LogP contribution < -0.4 is 0 Å². The first-order valence-corrected chi connectivity index (χ1v) is 4.53. The van der Waals surface area contributed by atoms with Crippen LogP contribution in [0, 0.1) is 0 Å². The molecule has 0 aliphatic rings. The lowest BCUT2D eigenvalue weighted by molar-refractivity contribution is -0.150. The minimum absolute atomic E-state index is 0.309. The average Bonchev–Trinajstić information content (AvgIpc) is 2.16. The Morgan fingerprint density at radius 3 is 2.50 bits per heavy atom. The zero-order valence-electron chi connectivity index (χ0n) is 8.74. The molecule has 0 heterocycles. The quantitative estimate of drug-likeness (QED) is 0.501. The van der Waals surface area contributed by atoms with Crippen molar-refractivity contribution in [1.29, 1.82) is 0 Å². The molecule has 5 heteroatoms. The normalized spacial score (nSPS) is 11.6. The molecule has 14 heavy (non-hydrogen) atoms. The number of ether oxygens (including phenoxy) is 3. The Hall–Kier alpha value is -1.26. The molecule has 0 bridgehead atoms. The highest BCUT2D eigenvalue weighted by molar-refractivity contribution is 5.76.